The van der Waals surface area contributed by atoms with Crippen molar-refractivity contribution in [1.29, 1.82) is 0 Å². The molecule has 0 fully saturated rings. The molecule has 21 heavy (non-hydrogen) atoms. The Bertz CT molecular complexity index is 474. The summed E-state index contributed by atoms with van der Waals surface area (Å²) < 4.78 is 4.63. The molecular weight excluding hydrogens is 290 g/mol. The zero-order valence-electron chi connectivity index (χ0n) is 13.0. The van der Waals surface area contributed by atoms with Crippen LogP contribution in [-0.4, -0.2) is 48.5 Å². The number of rotatable bonds is 8. The second-order valence-corrected chi connectivity index (χ2v) is 6.16. The predicted molar refractivity (Wildman–Crippen MR) is 83.4 cm³/mol. The van der Waals surface area contributed by atoms with Gasteiger partial charge in [-0.2, -0.15) is 0 Å². The number of hydrogen-bond acceptors (Lipinski definition) is 6. The van der Waals surface area contributed by atoms with E-state index in [2.05, 4.69) is 28.9 Å². The third-order valence-corrected chi connectivity index (χ3v) is 3.59. The van der Waals surface area contributed by atoms with E-state index in [4.69, 9.17) is 0 Å². The Morgan fingerprint density at radius 3 is 2.71 bits per heavy atom. The van der Waals surface area contributed by atoms with Gasteiger partial charge in [0.1, 0.15) is 0 Å². The molecule has 0 saturated carbocycles. The van der Waals surface area contributed by atoms with Crippen LogP contribution in [0.25, 0.3) is 0 Å². The highest BCUT2D eigenvalue weighted by atomic mass is 32.1. The largest absolute Gasteiger partial charge is 0.469 e. The summed E-state index contributed by atoms with van der Waals surface area (Å²) in [5.41, 5.74) is 0.889. The number of anilines is 1. The summed E-state index contributed by atoms with van der Waals surface area (Å²) in [6, 6.07) is 0. The molecule has 6 nitrogen and oxygen atoms in total. The van der Waals surface area contributed by atoms with Crippen molar-refractivity contribution >= 4 is 28.3 Å². The summed E-state index contributed by atoms with van der Waals surface area (Å²) >= 11 is 1.41. The Morgan fingerprint density at radius 2 is 2.19 bits per heavy atom. The Hall–Kier alpha value is -1.47. The number of thiazole rings is 1. The number of amides is 1. The van der Waals surface area contributed by atoms with Crippen LogP contribution in [0.2, 0.25) is 0 Å². The van der Waals surface area contributed by atoms with Crippen LogP contribution in [0.5, 0.6) is 0 Å². The van der Waals surface area contributed by atoms with Crippen LogP contribution in [0.3, 0.4) is 0 Å². The van der Waals surface area contributed by atoms with E-state index in [1.54, 1.807) is 0 Å². The Kier molecular flexibility index (Phi) is 7.31. The highest BCUT2D eigenvalue weighted by molar-refractivity contribution is 7.13. The van der Waals surface area contributed by atoms with Gasteiger partial charge in [0.25, 0.3) is 0 Å². The van der Waals surface area contributed by atoms with Crippen molar-refractivity contribution in [3.05, 3.63) is 11.1 Å². The molecule has 0 unspecified atom stereocenters. The molecule has 118 valence electrons. The van der Waals surface area contributed by atoms with E-state index in [0.29, 0.717) is 17.6 Å². The number of aryl methyl sites for hydroxylation is 1. The van der Waals surface area contributed by atoms with E-state index >= 15 is 0 Å². The molecule has 1 rings (SSSR count). The topological polar surface area (TPSA) is 71.5 Å². The second kappa shape index (κ2) is 8.74. The molecule has 0 radical (unpaired) electrons. The lowest BCUT2D eigenvalue weighted by Gasteiger charge is -2.22. The molecule has 0 bridgehead atoms. The van der Waals surface area contributed by atoms with Crippen molar-refractivity contribution < 1.29 is 14.3 Å². The van der Waals surface area contributed by atoms with Crippen molar-refractivity contribution in [2.45, 2.75) is 27.2 Å². The van der Waals surface area contributed by atoms with Crippen molar-refractivity contribution in [1.82, 2.24) is 9.88 Å². The predicted octanol–water partition coefficient (Wildman–Crippen LogP) is 1.91. The van der Waals surface area contributed by atoms with Gasteiger partial charge in [0.2, 0.25) is 5.91 Å². The van der Waals surface area contributed by atoms with Gasteiger partial charge in [-0.05, 0) is 12.8 Å². The zero-order valence-corrected chi connectivity index (χ0v) is 13.8. The van der Waals surface area contributed by atoms with E-state index in [-0.39, 0.29) is 24.8 Å². The van der Waals surface area contributed by atoms with Crippen molar-refractivity contribution in [2.24, 2.45) is 5.92 Å². The molecule has 7 heteroatoms. The molecule has 0 aliphatic heterocycles. The maximum absolute atomic E-state index is 12.0. The minimum absolute atomic E-state index is 0.116. The lowest BCUT2D eigenvalue weighted by atomic mass is 10.2. The minimum Gasteiger partial charge on any atom is -0.469 e. The first kappa shape index (κ1) is 17.6. The maximum atomic E-state index is 12.0. The van der Waals surface area contributed by atoms with Crippen LogP contribution in [-0.2, 0) is 14.3 Å². The van der Waals surface area contributed by atoms with Gasteiger partial charge in [0.15, 0.2) is 5.13 Å². The highest BCUT2D eigenvalue weighted by Crippen LogP contribution is 2.14. The van der Waals surface area contributed by atoms with E-state index < -0.39 is 0 Å². The third-order valence-electron chi connectivity index (χ3n) is 2.72. The summed E-state index contributed by atoms with van der Waals surface area (Å²) in [5, 5.41) is 5.27. The summed E-state index contributed by atoms with van der Waals surface area (Å²) in [4.78, 5) is 29.4. The van der Waals surface area contributed by atoms with Crippen LogP contribution in [0.1, 0.15) is 26.0 Å². The molecular formula is C14H23N3O3S. The first-order chi connectivity index (χ1) is 9.90. The number of ether oxygens (including phenoxy) is 1. The van der Waals surface area contributed by atoms with Crippen LogP contribution in [0.15, 0.2) is 5.38 Å². The number of carbonyl (C=O) groups is 2. The van der Waals surface area contributed by atoms with Gasteiger partial charge < -0.3 is 10.1 Å². The van der Waals surface area contributed by atoms with E-state index in [1.807, 2.05) is 17.2 Å². The SMILES string of the molecule is COC(=O)CCN(CC(=O)Nc1nc(C)cs1)CC(C)C. The average Bonchev–Trinajstić information content (AvgIpc) is 2.80. The number of nitrogens with zero attached hydrogens (tertiary/aromatic N) is 2. The Labute approximate surface area is 129 Å². The standard InChI is InChI=1S/C14H23N3O3S/c1-10(2)7-17(6-5-13(19)20-4)8-12(18)16-14-15-11(3)9-21-14/h9-10H,5-8H2,1-4H3,(H,15,16,18). The number of aromatic nitrogens is 1. The normalized spacial score (nSPS) is 11.0. The lowest BCUT2D eigenvalue weighted by Crippen LogP contribution is -2.37. The summed E-state index contributed by atoms with van der Waals surface area (Å²) in [6.45, 7) is 7.54. The monoisotopic (exact) mass is 313 g/mol. The molecule has 0 saturated heterocycles. The van der Waals surface area contributed by atoms with Gasteiger partial charge in [-0.3, -0.25) is 14.5 Å². The van der Waals surface area contributed by atoms with Gasteiger partial charge >= 0.3 is 5.97 Å². The van der Waals surface area contributed by atoms with Crippen molar-refractivity contribution in [2.75, 3.05) is 32.1 Å². The molecule has 1 amide bonds. The number of carbonyl (C=O) groups excluding carboxylic acids is 2. The number of hydrogen-bond donors (Lipinski definition) is 1. The number of nitrogens with one attached hydrogen (secondary N) is 1. The highest BCUT2D eigenvalue weighted by Gasteiger charge is 2.15. The molecule has 1 heterocycles. The quantitative estimate of drug-likeness (QED) is 0.742. The van der Waals surface area contributed by atoms with Gasteiger partial charge in [-0.15, -0.1) is 11.3 Å². The lowest BCUT2D eigenvalue weighted by molar-refractivity contribution is -0.141. The Morgan fingerprint density at radius 1 is 1.48 bits per heavy atom. The van der Waals surface area contributed by atoms with E-state index in [1.165, 1.54) is 18.4 Å². The van der Waals surface area contributed by atoms with Crippen LogP contribution in [0, 0.1) is 12.8 Å². The van der Waals surface area contributed by atoms with E-state index in [0.717, 1.165) is 12.2 Å². The fraction of sp³-hybridized carbons (Fsp3) is 0.643. The Balaban J connectivity index is 2.50. The summed E-state index contributed by atoms with van der Waals surface area (Å²) in [5.74, 6) is 0.0344. The molecule has 0 aromatic carbocycles. The molecule has 1 N–H and O–H groups in total. The fourth-order valence-corrected chi connectivity index (χ4v) is 2.58. The van der Waals surface area contributed by atoms with Crippen molar-refractivity contribution in [3.8, 4) is 0 Å². The molecule has 0 aliphatic carbocycles. The first-order valence-corrected chi connectivity index (χ1v) is 7.79. The first-order valence-electron chi connectivity index (χ1n) is 6.92. The average molecular weight is 313 g/mol. The van der Waals surface area contributed by atoms with Gasteiger partial charge in [-0.25, -0.2) is 4.98 Å². The number of esters is 1. The summed E-state index contributed by atoms with van der Waals surface area (Å²) in [6.07, 6.45) is 0.285. The molecule has 1 aromatic heterocycles. The summed E-state index contributed by atoms with van der Waals surface area (Å²) in [7, 11) is 1.37. The van der Waals surface area contributed by atoms with Gasteiger partial charge in [0.05, 0.1) is 25.8 Å². The smallest absolute Gasteiger partial charge is 0.306 e. The molecule has 0 spiro atoms. The molecule has 1 aromatic rings. The maximum Gasteiger partial charge on any atom is 0.306 e. The molecule has 0 atom stereocenters. The third kappa shape index (κ3) is 7.19. The zero-order chi connectivity index (χ0) is 15.8. The number of methoxy groups -OCH3 is 1. The van der Waals surface area contributed by atoms with Crippen LogP contribution in [0.4, 0.5) is 5.13 Å². The second-order valence-electron chi connectivity index (χ2n) is 5.30. The van der Waals surface area contributed by atoms with Crippen molar-refractivity contribution in [3.63, 3.8) is 0 Å². The minimum atomic E-state index is -0.264. The van der Waals surface area contributed by atoms with Crippen LogP contribution >= 0.6 is 11.3 Å². The van der Waals surface area contributed by atoms with E-state index in [9.17, 15) is 9.59 Å². The fourth-order valence-electron chi connectivity index (χ4n) is 1.88. The van der Waals surface area contributed by atoms with Gasteiger partial charge in [0, 0.05) is 18.5 Å². The molecule has 0 aliphatic rings. The van der Waals surface area contributed by atoms with Crippen LogP contribution < -0.4 is 5.32 Å². The van der Waals surface area contributed by atoms with Gasteiger partial charge in [-0.1, -0.05) is 13.8 Å².